The molecule has 0 radical (unpaired) electrons. The van der Waals surface area contributed by atoms with Crippen molar-refractivity contribution in [3.05, 3.63) is 18.5 Å². The smallest absolute Gasteiger partial charge is 0.230 e. The van der Waals surface area contributed by atoms with E-state index in [1.165, 1.54) is 0 Å². The summed E-state index contributed by atoms with van der Waals surface area (Å²) in [5.41, 5.74) is 6.11. The van der Waals surface area contributed by atoms with Crippen LogP contribution >= 0.6 is 0 Å². The van der Waals surface area contributed by atoms with Crippen molar-refractivity contribution in [2.45, 2.75) is 0 Å². The molecule has 0 unspecified atom stereocenters. The summed E-state index contributed by atoms with van der Waals surface area (Å²) in [5.74, 6) is 0.345. The second-order valence-electron chi connectivity index (χ2n) is 1.94. The average molecular weight is 135 g/mol. The van der Waals surface area contributed by atoms with E-state index in [1.54, 1.807) is 18.5 Å². The number of anilines is 1. The van der Waals surface area contributed by atoms with E-state index in [-0.39, 0.29) is 0 Å². The zero-order valence-electron chi connectivity index (χ0n) is 5.11. The zero-order valence-corrected chi connectivity index (χ0v) is 5.11. The van der Waals surface area contributed by atoms with Crippen molar-refractivity contribution in [3.8, 4) is 0 Å². The van der Waals surface area contributed by atoms with E-state index >= 15 is 0 Å². The van der Waals surface area contributed by atoms with E-state index in [2.05, 4.69) is 10.1 Å². The van der Waals surface area contributed by atoms with Crippen LogP contribution in [-0.2, 0) is 0 Å². The molecule has 0 bridgehead atoms. The lowest BCUT2D eigenvalue weighted by atomic mass is 10.3. The Morgan fingerprint density at radius 1 is 1.50 bits per heavy atom. The first-order valence-electron chi connectivity index (χ1n) is 2.83. The summed E-state index contributed by atoms with van der Waals surface area (Å²) in [6.07, 6.45) is 3.26. The normalized spacial score (nSPS) is 10.4. The highest BCUT2D eigenvalue weighted by atomic mass is 16.5. The van der Waals surface area contributed by atoms with Crippen molar-refractivity contribution in [3.63, 3.8) is 0 Å². The van der Waals surface area contributed by atoms with Crippen LogP contribution in [0.4, 0.5) is 5.88 Å². The molecule has 2 rings (SSSR count). The predicted molar refractivity (Wildman–Crippen MR) is 36.2 cm³/mol. The molecule has 10 heavy (non-hydrogen) atoms. The van der Waals surface area contributed by atoms with Crippen LogP contribution in [0.2, 0.25) is 0 Å². The molecule has 4 heteroatoms. The van der Waals surface area contributed by atoms with Crippen molar-refractivity contribution in [1.82, 2.24) is 10.1 Å². The van der Waals surface area contributed by atoms with Gasteiger partial charge >= 0.3 is 0 Å². The molecule has 0 aliphatic heterocycles. The first-order valence-corrected chi connectivity index (χ1v) is 2.83. The maximum absolute atomic E-state index is 5.42. The van der Waals surface area contributed by atoms with E-state index in [0.717, 1.165) is 5.39 Å². The van der Waals surface area contributed by atoms with E-state index in [1.807, 2.05) is 0 Å². The second kappa shape index (κ2) is 1.70. The van der Waals surface area contributed by atoms with Gasteiger partial charge in [0.25, 0.3) is 0 Å². The van der Waals surface area contributed by atoms with Gasteiger partial charge in [-0.3, -0.25) is 4.98 Å². The van der Waals surface area contributed by atoms with Crippen LogP contribution in [0, 0.1) is 0 Å². The Labute approximate surface area is 56.6 Å². The third-order valence-electron chi connectivity index (χ3n) is 1.31. The molecule has 0 amide bonds. The Balaban J connectivity index is 2.93. The number of hydrogen-bond donors (Lipinski definition) is 1. The molecule has 2 N–H and O–H groups in total. The monoisotopic (exact) mass is 135 g/mol. The number of pyridine rings is 1. The molecule has 0 spiro atoms. The first kappa shape index (κ1) is 5.22. The number of rotatable bonds is 0. The minimum Gasteiger partial charge on any atom is -0.367 e. The van der Waals surface area contributed by atoms with Crippen LogP contribution in [0.15, 0.2) is 23.0 Å². The fraction of sp³-hybridized carbons (Fsp3) is 0. The van der Waals surface area contributed by atoms with Crippen molar-refractivity contribution in [2.24, 2.45) is 0 Å². The summed E-state index contributed by atoms with van der Waals surface area (Å²) in [7, 11) is 0. The number of fused-ring (bicyclic) bond motifs is 1. The minimum absolute atomic E-state index is 0.345. The van der Waals surface area contributed by atoms with Crippen molar-refractivity contribution in [1.29, 1.82) is 0 Å². The Bertz CT molecular complexity index is 355. The number of aromatic nitrogens is 2. The highest BCUT2D eigenvalue weighted by molar-refractivity contribution is 5.86. The molecule has 0 atom stereocenters. The molecule has 0 saturated heterocycles. The summed E-state index contributed by atoms with van der Waals surface area (Å²) in [6, 6.07) is 1.77. The van der Waals surface area contributed by atoms with Crippen LogP contribution in [0.5, 0.6) is 0 Å². The molecule has 50 valence electrons. The molecule has 2 aromatic rings. The van der Waals surface area contributed by atoms with E-state index in [0.29, 0.717) is 11.4 Å². The van der Waals surface area contributed by atoms with E-state index < -0.39 is 0 Å². The zero-order chi connectivity index (χ0) is 6.97. The van der Waals surface area contributed by atoms with Gasteiger partial charge in [-0.15, -0.1) is 0 Å². The summed E-state index contributed by atoms with van der Waals surface area (Å²) in [4.78, 5) is 3.85. The van der Waals surface area contributed by atoms with Gasteiger partial charge in [0, 0.05) is 6.20 Å². The summed E-state index contributed by atoms with van der Waals surface area (Å²) < 4.78 is 4.70. The van der Waals surface area contributed by atoms with Crippen LogP contribution in [0.3, 0.4) is 0 Å². The van der Waals surface area contributed by atoms with Gasteiger partial charge < -0.3 is 10.3 Å². The Morgan fingerprint density at radius 3 is 3.20 bits per heavy atom. The van der Waals surface area contributed by atoms with Gasteiger partial charge in [0.05, 0.1) is 11.6 Å². The fourth-order valence-corrected chi connectivity index (χ4v) is 0.815. The number of nitrogens with zero attached hydrogens (tertiary/aromatic N) is 2. The molecule has 2 heterocycles. The van der Waals surface area contributed by atoms with Crippen molar-refractivity contribution >= 4 is 16.8 Å². The number of nitrogens with two attached hydrogens (primary N) is 1. The molecule has 4 nitrogen and oxygen atoms in total. The van der Waals surface area contributed by atoms with Crippen LogP contribution in [0.25, 0.3) is 10.9 Å². The Morgan fingerprint density at radius 2 is 2.40 bits per heavy atom. The lowest BCUT2D eigenvalue weighted by Crippen LogP contribution is -1.79. The highest BCUT2D eigenvalue weighted by Gasteiger charge is 2.01. The maximum Gasteiger partial charge on any atom is 0.230 e. The Hall–Kier alpha value is -1.58. The molecular weight excluding hydrogens is 130 g/mol. The maximum atomic E-state index is 5.42. The standard InChI is InChI=1S/C6H5N3O/c7-6-4-1-2-8-3-5(4)9-10-6/h1-3H,7H2. The topological polar surface area (TPSA) is 64.9 Å². The fourth-order valence-electron chi connectivity index (χ4n) is 0.815. The molecular formula is C6H5N3O. The lowest BCUT2D eigenvalue weighted by Gasteiger charge is -1.81. The lowest BCUT2D eigenvalue weighted by molar-refractivity contribution is 0.445. The predicted octanol–water partition coefficient (Wildman–Crippen LogP) is 0.805. The van der Waals surface area contributed by atoms with Gasteiger partial charge in [0.2, 0.25) is 5.88 Å². The summed E-state index contributed by atoms with van der Waals surface area (Å²) in [6.45, 7) is 0. The SMILES string of the molecule is Nc1onc2cnccc12. The largest absolute Gasteiger partial charge is 0.367 e. The summed E-state index contributed by atoms with van der Waals surface area (Å²) >= 11 is 0. The van der Waals surface area contributed by atoms with E-state index in [9.17, 15) is 0 Å². The van der Waals surface area contributed by atoms with Crippen LogP contribution in [-0.4, -0.2) is 10.1 Å². The third kappa shape index (κ3) is 0.556. The second-order valence-corrected chi connectivity index (χ2v) is 1.94. The minimum atomic E-state index is 0.345. The van der Waals surface area contributed by atoms with E-state index in [4.69, 9.17) is 10.3 Å². The molecule has 0 aromatic carbocycles. The van der Waals surface area contributed by atoms with Gasteiger partial charge in [0.1, 0.15) is 5.52 Å². The quantitative estimate of drug-likeness (QED) is 0.580. The molecule has 2 aromatic heterocycles. The van der Waals surface area contributed by atoms with Gasteiger partial charge in [-0.2, -0.15) is 0 Å². The number of hydrogen-bond acceptors (Lipinski definition) is 4. The average Bonchev–Trinajstić information content (AvgIpc) is 2.34. The third-order valence-corrected chi connectivity index (χ3v) is 1.31. The van der Waals surface area contributed by atoms with Crippen molar-refractivity contribution in [2.75, 3.05) is 5.73 Å². The van der Waals surface area contributed by atoms with Crippen LogP contribution < -0.4 is 5.73 Å². The molecule has 0 aliphatic rings. The highest BCUT2D eigenvalue weighted by Crippen LogP contribution is 2.17. The number of nitrogen functional groups attached to an aromatic ring is 1. The molecule has 0 aliphatic carbocycles. The molecule has 0 fully saturated rings. The first-order chi connectivity index (χ1) is 4.88. The van der Waals surface area contributed by atoms with Crippen LogP contribution in [0.1, 0.15) is 0 Å². The Kier molecular flexibility index (Phi) is 0.887. The van der Waals surface area contributed by atoms with Gasteiger partial charge in [-0.25, -0.2) is 0 Å². The molecule has 0 saturated carbocycles. The summed E-state index contributed by atoms with van der Waals surface area (Å²) in [5, 5.41) is 4.47. The van der Waals surface area contributed by atoms with Crippen molar-refractivity contribution < 1.29 is 4.52 Å². The van der Waals surface area contributed by atoms with Gasteiger partial charge in [-0.05, 0) is 6.07 Å². The van der Waals surface area contributed by atoms with Gasteiger partial charge in [-0.1, -0.05) is 5.16 Å². The van der Waals surface area contributed by atoms with Gasteiger partial charge in [0.15, 0.2) is 0 Å².